The summed E-state index contributed by atoms with van der Waals surface area (Å²) >= 11 is 2.35. The zero-order chi connectivity index (χ0) is 22.6. The van der Waals surface area contributed by atoms with Gasteiger partial charge in [-0.05, 0) is 61.9 Å². The van der Waals surface area contributed by atoms with Gasteiger partial charge in [-0.2, -0.15) is 5.10 Å². The number of fused-ring (bicyclic) bond motifs is 1. The Morgan fingerprint density at radius 2 is 1.97 bits per heavy atom. The fourth-order valence-electron chi connectivity index (χ4n) is 4.36. The van der Waals surface area contributed by atoms with Gasteiger partial charge in [0.05, 0.1) is 53.9 Å². The summed E-state index contributed by atoms with van der Waals surface area (Å²) < 4.78 is 11.5. The standard InChI is InChI=1S/C20H25IN9OP/c1-11-8-16(30(24-11)32-21)20-22-13(3)19-15(18-14(4)23-26-27(18)5)9-17(25-29(19)20)28-6-7-31-10-12(28)2/h8-9,12,32H,6-7,10H2,1-5H3/t12-/m1/s1. The van der Waals surface area contributed by atoms with E-state index in [2.05, 4.69) is 61.4 Å². The minimum Gasteiger partial charge on any atom is -0.377 e. The van der Waals surface area contributed by atoms with Gasteiger partial charge >= 0.3 is 0 Å². The van der Waals surface area contributed by atoms with Gasteiger partial charge in [0.25, 0.3) is 0 Å². The number of anilines is 1. The monoisotopic (exact) mass is 565 g/mol. The van der Waals surface area contributed by atoms with E-state index in [1.165, 1.54) is 0 Å². The molecule has 0 aliphatic carbocycles. The van der Waals surface area contributed by atoms with Gasteiger partial charge in [0, 0.05) is 19.2 Å². The molecule has 1 saturated heterocycles. The van der Waals surface area contributed by atoms with E-state index in [1.54, 1.807) is 0 Å². The Hall–Kier alpha value is -2.11. The molecule has 0 aromatic carbocycles. The van der Waals surface area contributed by atoms with E-state index in [9.17, 15) is 0 Å². The van der Waals surface area contributed by atoms with E-state index in [0.29, 0.717) is 19.6 Å². The van der Waals surface area contributed by atoms with Crippen molar-refractivity contribution in [1.29, 1.82) is 0 Å². The molecule has 0 spiro atoms. The molecule has 10 nitrogen and oxygen atoms in total. The first-order valence-electron chi connectivity index (χ1n) is 10.4. The third kappa shape index (κ3) is 3.50. The van der Waals surface area contributed by atoms with Crippen LogP contribution in [0.3, 0.4) is 0 Å². The van der Waals surface area contributed by atoms with E-state index < -0.39 is 0 Å². The highest BCUT2D eigenvalue weighted by Crippen LogP contribution is 2.36. The third-order valence-electron chi connectivity index (χ3n) is 5.81. The van der Waals surface area contributed by atoms with Crippen LogP contribution in [0.1, 0.15) is 24.0 Å². The largest absolute Gasteiger partial charge is 0.377 e. The maximum atomic E-state index is 5.67. The van der Waals surface area contributed by atoms with Crippen LogP contribution in [0.15, 0.2) is 12.1 Å². The molecule has 4 aromatic rings. The second-order valence-corrected chi connectivity index (χ2v) is 10.2. The molecule has 0 amide bonds. The van der Waals surface area contributed by atoms with Crippen LogP contribution in [-0.4, -0.2) is 64.9 Å². The molecular formula is C20H25IN9OP. The van der Waals surface area contributed by atoms with E-state index in [-0.39, 0.29) is 6.04 Å². The van der Waals surface area contributed by atoms with Crippen molar-refractivity contribution in [3.8, 4) is 22.8 Å². The SMILES string of the molecule is Cc1cc(-c2nc(C)c3c(-c4c(C)nnn4C)cc(N4CCOC[C@H]4C)nn23)n(PI)n1. The molecule has 1 fully saturated rings. The molecule has 2 atom stereocenters. The topological polar surface area (TPSA) is 91.2 Å². The van der Waals surface area contributed by atoms with Crippen molar-refractivity contribution < 1.29 is 4.74 Å². The summed E-state index contributed by atoms with van der Waals surface area (Å²) in [4.78, 5) is 7.26. The summed E-state index contributed by atoms with van der Waals surface area (Å²) in [5, 5.41) is 18.3. The summed E-state index contributed by atoms with van der Waals surface area (Å²) in [5.41, 5.74) is 6.65. The molecule has 5 rings (SSSR count). The fourth-order valence-corrected chi connectivity index (χ4v) is 5.91. The highest BCUT2D eigenvalue weighted by molar-refractivity contribution is 14.2. The van der Waals surface area contributed by atoms with E-state index in [4.69, 9.17) is 14.8 Å². The van der Waals surface area contributed by atoms with Crippen molar-refractivity contribution >= 4 is 39.7 Å². The highest BCUT2D eigenvalue weighted by atomic mass is 127. The molecule has 5 heterocycles. The van der Waals surface area contributed by atoms with Crippen LogP contribution in [0.25, 0.3) is 28.3 Å². The maximum Gasteiger partial charge on any atom is 0.180 e. The molecule has 0 N–H and O–H groups in total. The maximum absolute atomic E-state index is 5.67. The number of rotatable bonds is 4. The van der Waals surface area contributed by atoms with Gasteiger partial charge in [-0.25, -0.2) is 18.6 Å². The first-order chi connectivity index (χ1) is 15.4. The van der Waals surface area contributed by atoms with Gasteiger partial charge in [-0.1, -0.05) is 5.21 Å². The Kier molecular flexibility index (Phi) is 5.67. The molecule has 1 aliphatic heterocycles. The molecule has 0 bridgehead atoms. The van der Waals surface area contributed by atoms with Crippen LogP contribution in [-0.2, 0) is 11.8 Å². The molecule has 32 heavy (non-hydrogen) atoms. The molecule has 1 aliphatic rings. The van der Waals surface area contributed by atoms with Crippen LogP contribution in [0.2, 0.25) is 0 Å². The number of morpholine rings is 1. The third-order valence-corrected chi connectivity index (χ3v) is 7.68. The number of nitrogens with zero attached hydrogens (tertiary/aromatic N) is 9. The second kappa shape index (κ2) is 8.35. The average Bonchev–Trinajstić information content (AvgIpc) is 3.42. The fraction of sp³-hybridized carbons (Fsp3) is 0.450. The van der Waals surface area contributed by atoms with Crippen molar-refractivity contribution in [2.45, 2.75) is 33.7 Å². The predicted molar refractivity (Wildman–Crippen MR) is 134 cm³/mol. The summed E-state index contributed by atoms with van der Waals surface area (Å²) in [6, 6.07) is 4.44. The van der Waals surface area contributed by atoms with Crippen LogP contribution in [0, 0.1) is 20.8 Å². The molecule has 1 unspecified atom stereocenters. The minimum absolute atomic E-state index is 0.226. The number of ether oxygens (including phenoxy) is 1. The lowest BCUT2D eigenvalue weighted by Crippen LogP contribution is -2.44. The average molecular weight is 565 g/mol. The molecule has 0 radical (unpaired) electrons. The Bertz CT molecular complexity index is 1290. The second-order valence-electron chi connectivity index (χ2n) is 8.13. The summed E-state index contributed by atoms with van der Waals surface area (Å²) in [5.74, 6) is 1.68. The lowest BCUT2D eigenvalue weighted by atomic mass is 10.1. The van der Waals surface area contributed by atoms with Crippen LogP contribution < -0.4 is 4.90 Å². The number of aromatic nitrogens is 8. The van der Waals surface area contributed by atoms with Gasteiger partial charge in [0.15, 0.2) is 11.6 Å². The van der Waals surface area contributed by atoms with E-state index in [1.807, 2.05) is 41.5 Å². The zero-order valence-electron chi connectivity index (χ0n) is 18.7. The normalized spacial score (nSPS) is 17.3. The first kappa shape index (κ1) is 21.7. The summed E-state index contributed by atoms with van der Waals surface area (Å²) in [7, 11) is 1.92. The zero-order valence-corrected chi connectivity index (χ0v) is 21.8. The van der Waals surface area contributed by atoms with E-state index in [0.717, 1.165) is 57.7 Å². The van der Waals surface area contributed by atoms with Gasteiger partial charge in [0.1, 0.15) is 5.69 Å². The Labute approximate surface area is 200 Å². The predicted octanol–water partition coefficient (Wildman–Crippen LogP) is 3.33. The lowest BCUT2D eigenvalue weighted by Gasteiger charge is -2.34. The first-order valence-corrected chi connectivity index (χ1v) is 14.5. The van der Waals surface area contributed by atoms with E-state index >= 15 is 0 Å². The number of imidazole rings is 1. The van der Waals surface area contributed by atoms with Crippen LogP contribution in [0.5, 0.6) is 0 Å². The Morgan fingerprint density at radius 3 is 2.66 bits per heavy atom. The molecule has 168 valence electrons. The van der Waals surface area contributed by atoms with Crippen molar-refractivity contribution in [1.82, 2.24) is 39.1 Å². The minimum atomic E-state index is 0.226. The van der Waals surface area contributed by atoms with Crippen molar-refractivity contribution in [2.75, 3.05) is 24.7 Å². The molecule has 12 heteroatoms. The van der Waals surface area contributed by atoms with Gasteiger partial charge < -0.3 is 9.64 Å². The molecule has 0 saturated carbocycles. The molecule has 4 aromatic heterocycles. The Morgan fingerprint density at radius 1 is 1.16 bits per heavy atom. The number of halogens is 1. The smallest absolute Gasteiger partial charge is 0.180 e. The quantitative estimate of drug-likeness (QED) is 0.277. The lowest BCUT2D eigenvalue weighted by molar-refractivity contribution is 0.0984. The van der Waals surface area contributed by atoms with Crippen molar-refractivity contribution in [3.63, 3.8) is 0 Å². The number of hydrogen-bond donors (Lipinski definition) is 0. The van der Waals surface area contributed by atoms with Gasteiger partial charge in [-0.15, -0.1) is 10.2 Å². The Balaban J connectivity index is 1.83. The highest BCUT2D eigenvalue weighted by Gasteiger charge is 2.27. The number of hydrogen-bond acceptors (Lipinski definition) is 7. The van der Waals surface area contributed by atoms with Crippen molar-refractivity contribution in [3.05, 3.63) is 29.2 Å². The summed E-state index contributed by atoms with van der Waals surface area (Å²) in [6.07, 6.45) is 0.468. The van der Waals surface area contributed by atoms with Crippen LogP contribution >= 0.6 is 28.4 Å². The van der Waals surface area contributed by atoms with Gasteiger partial charge in [0.2, 0.25) is 0 Å². The summed E-state index contributed by atoms with van der Waals surface area (Å²) in [6.45, 7) is 10.3. The van der Waals surface area contributed by atoms with Gasteiger partial charge in [-0.3, -0.25) is 0 Å². The number of aryl methyl sites for hydroxylation is 4. The molecular weight excluding hydrogens is 540 g/mol. The van der Waals surface area contributed by atoms with Crippen molar-refractivity contribution in [2.24, 2.45) is 7.05 Å². The van der Waals surface area contributed by atoms with Crippen LogP contribution in [0.4, 0.5) is 5.82 Å².